The number of hydrogen-bond donors (Lipinski definition) is 1. The van der Waals surface area contributed by atoms with Crippen molar-refractivity contribution >= 4 is 27.4 Å². The lowest BCUT2D eigenvalue weighted by molar-refractivity contribution is 0.0693. The molecule has 3 nitrogen and oxygen atoms in total. The van der Waals surface area contributed by atoms with E-state index in [0.717, 1.165) is 15.0 Å². The molecule has 0 fully saturated rings. The van der Waals surface area contributed by atoms with E-state index in [1.807, 2.05) is 19.1 Å². The number of aryl methyl sites for hydroxylation is 1. The van der Waals surface area contributed by atoms with E-state index in [0.29, 0.717) is 0 Å². The van der Waals surface area contributed by atoms with E-state index in [1.165, 1.54) is 6.20 Å². The molecule has 2 aromatic rings. The third-order valence-electron chi connectivity index (χ3n) is 1.77. The molecule has 0 aliphatic heterocycles. The van der Waals surface area contributed by atoms with Crippen molar-refractivity contribution in [3.8, 4) is 0 Å². The number of carbonyl (C=O) groups is 1. The zero-order valence-corrected chi connectivity index (χ0v) is 7.76. The van der Waals surface area contributed by atoms with E-state index in [2.05, 4.69) is 4.98 Å². The van der Waals surface area contributed by atoms with E-state index in [9.17, 15) is 4.79 Å². The molecule has 0 amide bonds. The van der Waals surface area contributed by atoms with Crippen LogP contribution in [-0.2, 0) is 0 Å². The first-order valence-electron chi connectivity index (χ1n) is 3.77. The second kappa shape index (κ2) is 2.81. The molecular weight excluding hydrogens is 186 g/mol. The highest BCUT2D eigenvalue weighted by Crippen LogP contribution is 2.26. The van der Waals surface area contributed by atoms with Gasteiger partial charge in [0, 0.05) is 21.2 Å². The predicted octanol–water partition coefficient (Wildman–Crippen LogP) is 2.30. The molecule has 0 aliphatic carbocycles. The number of fused-ring (bicyclic) bond motifs is 1. The molecule has 0 bridgehead atoms. The van der Waals surface area contributed by atoms with Crippen molar-refractivity contribution in [2.45, 2.75) is 6.92 Å². The van der Waals surface area contributed by atoms with Crippen LogP contribution >= 0.6 is 11.3 Å². The van der Waals surface area contributed by atoms with Gasteiger partial charge in [-0.3, -0.25) is 0 Å². The number of aromatic carboxylic acids is 1. The Hall–Kier alpha value is -1.42. The monoisotopic (exact) mass is 193 g/mol. The van der Waals surface area contributed by atoms with Crippen LogP contribution in [-0.4, -0.2) is 16.1 Å². The van der Waals surface area contributed by atoms with Crippen LogP contribution in [0.4, 0.5) is 0 Å². The van der Waals surface area contributed by atoms with Crippen molar-refractivity contribution in [2.24, 2.45) is 0 Å². The summed E-state index contributed by atoms with van der Waals surface area (Å²) in [6.07, 6.45) is 1.53. The van der Waals surface area contributed by atoms with Crippen LogP contribution < -0.4 is 0 Å². The molecular formula is C9H7NO2S. The van der Waals surface area contributed by atoms with Crippen LogP contribution in [0.1, 0.15) is 15.4 Å². The summed E-state index contributed by atoms with van der Waals surface area (Å²) in [6.45, 7) is 1.95. The zero-order chi connectivity index (χ0) is 9.42. The van der Waals surface area contributed by atoms with Crippen LogP contribution in [0.2, 0.25) is 0 Å². The quantitative estimate of drug-likeness (QED) is 0.756. The molecule has 4 heteroatoms. The Balaban J connectivity index is 2.82. The Morgan fingerprint density at radius 1 is 1.62 bits per heavy atom. The summed E-state index contributed by atoms with van der Waals surface area (Å²) in [4.78, 5) is 15.7. The number of carboxylic acid groups (broad SMARTS) is 1. The third-order valence-corrected chi connectivity index (χ3v) is 2.79. The summed E-state index contributed by atoms with van der Waals surface area (Å²) in [6, 6.07) is 3.69. The highest BCUT2D eigenvalue weighted by molar-refractivity contribution is 7.19. The molecule has 0 unspecified atom stereocenters. The molecule has 0 saturated heterocycles. The average molecular weight is 193 g/mol. The van der Waals surface area contributed by atoms with Crippen LogP contribution in [0, 0.1) is 6.92 Å². The van der Waals surface area contributed by atoms with Gasteiger partial charge in [-0.2, -0.15) is 0 Å². The van der Waals surface area contributed by atoms with E-state index < -0.39 is 5.97 Å². The summed E-state index contributed by atoms with van der Waals surface area (Å²) >= 11 is 1.58. The molecule has 2 aromatic heterocycles. The van der Waals surface area contributed by atoms with Gasteiger partial charge in [0.05, 0.1) is 0 Å². The summed E-state index contributed by atoms with van der Waals surface area (Å²) in [5.41, 5.74) is 0.141. The van der Waals surface area contributed by atoms with Crippen molar-refractivity contribution in [2.75, 3.05) is 0 Å². The normalized spacial score (nSPS) is 10.5. The standard InChI is InChI=1S/C9H7NO2S/c1-5-4-6-7(13-5)2-3-10-8(6)9(11)12/h2-4H,1H3,(H,11,12). The van der Waals surface area contributed by atoms with Crippen molar-refractivity contribution in [1.82, 2.24) is 4.98 Å². The minimum atomic E-state index is -0.969. The van der Waals surface area contributed by atoms with Crippen molar-refractivity contribution in [3.63, 3.8) is 0 Å². The van der Waals surface area contributed by atoms with Gasteiger partial charge in [-0.1, -0.05) is 0 Å². The molecule has 0 saturated carbocycles. The fraction of sp³-hybridized carbons (Fsp3) is 0.111. The molecule has 2 heterocycles. The Labute approximate surface area is 78.7 Å². The predicted molar refractivity (Wildman–Crippen MR) is 51.3 cm³/mol. The summed E-state index contributed by atoms with van der Waals surface area (Å²) < 4.78 is 0.977. The molecule has 0 aliphatic rings. The minimum absolute atomic E-state index is 0.141. The Morgan fingerprint density at radius 3 is 3.08 bits per heavy atom. The third kappa shape index (κ3) is 1.29. The lowest BCUT2D eigenvalue weighted by Gasteiger charge is -1.93. The topological polar surface area (TPSA) is 50.2 Å². The first-order chi connectivity index (χ1) is 6.18. The number of aromatic nitrogens is 1. The largest absolute Gasteiger partial charge is 0.476 e. The SMILES string of the molecule is Cc1cc2c(C(=O)O)nccc2s1. The van der Waals surface area contributed by atoms with Crippen LogP contribution in [0.3, 0.4) is 0 Å². The molecule has 0 spiro atoms. The van der Waals surface area contributed by atoms with Gasteiger partial charge in [-0.05, 0) is 19.1 Å². The lowest BCUT2D eigenvalue weighted by atomic mass is 10.2. The number of hydrogen-bond acceptors (Lipinski definition) is 3. The van der Waals surface area contributed by atoms with Crippen LogP contribution in [0.25, 0.3) is 10.1 Å². The van der Waals surface area contributed by atoms with Gasteiger partial charge in [0.1, 0.15) is 0 Å². The van der Waals surface area contributed by atoms with Crippen LogP contribution in [0.15, 0.2) is 18.3 Å². The van der Waals surface area contributed by atoms with E-state index in [1.54, 1.807) is 11.3 Å². The van der Waals surface area contributed by atoms with Crippen LogP contribution in [0.5, 0.6) is 0 Å². The first-order valence-corrected chi connectivity index (χ1v) is 4.58. The summed E-state index contributed by atoms with van der Waals surface area (Å²) in [5.74, 6) is -0.969. The van der Waals surface area contributed by atoms with Gasteiger partial charge in [-0.25, -0.2) is 9.78 Å². The van der Waals surface area contributed by atoms with E-state index in [-0.39, 0.29) is 5.69 Å². The minimum Gasteiger partial charge on any atom is -0.476 e. The van der Waals surface area contributed by atoms with Gasteiger partial charge in [0.15, 0.2) is 5.69 Å². The summed E-state index contributed by atoms with van der Waals surface area (Å²) in [7, 11) is 0. The fourth-order valence-corrected chi connectivity index (χ4v) is 2.18. The van der Waals surface area contributed by atoms with Gasteiger partial charge in [0.2, 0.25) is 0 Å². The Kier molecular flexibility index (Phi) is 1.77. The number of pyridine rings is 1. The second-order valence-electron chi connectivity index (χ2n) is 2.73. The Bertz CT molecular complexity index is 475. The van der Waals surface area contributed by atoms with Crippen molar-refractivity contribution < 1.29 is 9.90 Å². The van der Waals surface area contributed by atoms with Crippen molar-refractivity contribution in [3.05, 3.63) is 28.9 Å². The number of nitrogens with zero attached hydrogens (tertiary/aromatic N) is 1. The van der Waals surface area contributed by atoms with Gasteiger partial charge in [0.25, 0.3) is 0 Å². The molecule has 2 rings (SSSR count). The van der Waals surface area contributed by atoms with Gasteiger partial charge >= 0.3 is 5.97 Å². The maximum atomic E-state index is 10.8. The molecule has 1 N–H and O–H groups in total. The smallest absolute Gasteiger partial charge is 0.355 e. The van der Waals surface area contributed by atoms with Crippen molar-refractivity contribution in [1.29, 1.82) is 0 Å². The molecule has 13 heavy (non-hydrogen) atoms. The highest BCUT2D eigenvalue weighted by Gasteiger charge is 2.10. The van der Waals surface area contributed by atoms with Gasteiger partial charge < -0.3 is 5.11 Å². The molecule has 0 radical (unpaired) electrons. The number of rotatable bonds is 1. The maximum Gasteiger partial charge on any atom is 0.355 e. The van der Waals surface area contributed by atoms with E-state index in [4.69, 9.17) is 5.11 Å². The van der Waals surface area contributed by atoms with E-state index >= 15 is 0 Å². The van der Waals surface area contributed by atoms with Gasteiger partial charge in [-0.15, -0.1) is 11.3 Å². The number of carboxylic acids is 1. The highest BCUT2D eigenvalue weighted by atomic mass is 32.1. The first kappa shape index (κ1) is 8.19. The fourth-order valence-electron chi connectivity index (χ4n) is 1.26. The zero-order valence-electron chi connectivity index (χ0n) is 6.94. The molecule has 0 aromatic carbocycles. The summed E-state index contributed by atoms with van der Waals surface area (Å²) in [5, 5.41) is 9.57. The average Bonchev–Trinajstić information content (AvgIpc) is 2.43. The number of thiophene rings is 1. The molecule has 66 valence electrons. The second-order valence-corrected chi connectivity index (χ2v) is 4.02. The maximum absolute atomic E-state index is 10.8. The Morgan fingerprint density at radius 2 is 2.38 bits per heavy atom. The molecule has 0 atom stereocenters. The lowest BCUT2D eigenvalue weighted by Crippen LogP contribution is -1.99.